The van der Waals surface area contributed by atoms with Gasteiger partial charge in [-0.3, -0.25) is 0 Å². The number of hydrogen-bond acceptors (Lipinski definition) is 2. The Morgan fingerprint density at radius 3 is 2.35 bits per heavy atom. The van der Waals surface area contributed by atoms with Gasteiger partial charge in [-0.2, -0.15) is 13.2 Å². The highest BCUT2D eigenvalue weighted by atomic mass is 19.4. The van der Waals surface area contributed by atoms with Crippen LogP contribution >= 0.6 is 0 Å². The van der Waals surface area contributed by atoms with Crippen LogP contribution in [0.25, 0.3) is 0 Å². The molecule has 0 radical (unpaired) electrons. The van der Waals surface area contributed by atoms with Gasteiger partial charge in [-0.15, -0.1) is 0 Å². The Labute approximate surface area is 116 Å². The summed E-state index contributed by atoms with van der Waals surface area (Å²) in [6, 6.07) is 4.65. The fraction of sp³-hybridized carbons (Fsp3) is 0.600. The molecule has 0 amide bonds. The lowest BCUT2D eigenvalue weighted by molar-refractivity contribution is -0.138. The van der Waals surface area contributed by atoms with Gasteiger partial charge in [0.25, 0.3) is 0 Å². The van der Waals surface area contributed by atoms with Crippen molar-refractivity contribution in [3.8, 4) is 0 Å². The molecule has 2 nitrogen and oxygen atoms in total. The van der Waals surface area contributed by atoms with Gasteiger partial charge in [-0.25, -0.2) is 0 Å². The average Bonchev–Trinajstić information content (AvgIpc) is 2.68. The van der Waals surface area contributed by atoms with E-state index in [1.807, 2.05) is 0 Å². The molecule has 20 heavy (non-hydrogen) atoms. The number of rotatable bonds is 1. The van der Waals surface area contributed by atoms with E-state index in [0.29, 0.717) is 18.4 Å². The highest BCUT2D eigenvalue weighted by Gasteiger charge is 2.44. The average molecular weight is 285 g/mol. The first kappa shape index (κ1) is 13.9. The van der Waals surface area contributed by atoms with Crippen LogP contribution in [-0.4, -0.2) is 17.2 Å². The van der Waals surface area contributed by atoms with Crippen molar-refractivity contribution < 1.29 is 18.3 Å². The van der Waals surface area contributed by atoms with Crippen LogP contribution < -0.4 is 5.32 Å². The maximum absolute atomic E-state index is 13.0. The highest BCUT2D eigenvalue weighted by molar-refractivity contribution is 5.36. The fourth-order valence-corrected chi connectivity index (χ4v) is 3.58. The summed E-state index contributed by atoms with van der Waals surface area (Å²) in [6.07, 6.45) is -1.41. The Hall–Kier alpha value is -1.07. The van der Waals surface area contributed by atoms with Crippen LogP contribution in [0, 0.1) is 6.92 Å². The lowest BCUT2D eigenvalue weighted by Crippen LogP contribution is -2.46. The summed E-state index contributed by atoms with van der Waals surface area (Å²) < 4.78 is 39.0. The fourth-order valence-electron chi connectivity index (χ4n) is 3.58. The SMILES string of the molecule is Cc1ccc(C2(O)CC3CCC(C2)N3)cc1C(F)(F)F. The van der Waals surface area contributed by atoms with Crippen LogP contribution in [0.3, 0.4) is 0 Å². The third-order valence-corrected chi connectivity index (χ3v) is 4.58. The van der Waals surface area contributed by atoms with Gasteiger partial charge in [0, 0.05) is 12.1 Å². The first-order chi connectivity index (χ1) is 9.28. The van der Waals surface area contributed by atoms with Gasteiger partial charge in [-0.05, 0) is 49.8 Å². The van der Waals surface area contributed by atoms with Crippen LogP contribution in [0.4, 0.5) is 13.2 Å². The molecule has 2 atom stereocenters. The van der Waals surface area contributed by atoms with Crippen LogP contribution in [0.5, 0.6) is 0 Å². The van der Waals surface area contributed by atoms with Crippen LogP contribution in [-0.2, 0) is 11.8 Å². The van der Waals surface area contributed by atoms with E-state index >= 15 is 0 Å². The van der Waals surface area contributed by atoms with Crippen molar-refractivity contribution >= 4 is 0 Å². The first-order valence-corrected chi connectivity index (χ1v) is 6.95. The molecule has 110 valence electrons. The number of fused-ring (bicyclic) bond motifs is 2. The van der Waals surface area contributed by atoms with Gasteiger partial charge in [0.05, 0.1) is 11.2 Å². The van der Waals surface area contributed by atoms with Crippen molar-refractivity contribution in [3.63, 3.8) is 0 Å². The summed E-state index contributed by atoms with van der Waals surface area (Å²) in [5.41, 5.74) is -1.19. The Kier molecular flexibility index (Phi) is 3.10. The lowest BCUT2D eigenvalue weighted by Gasteiger charge is -2.38. The molecule has 1 aromatic rings. The molecular formula is C15H18F3NO. The lowest BCUT2D eigenvalue weighted by atomic mass is 9.80. The second-order valence-corrected chi connectivity index (χ2v) is 6.11. The number of halogens is 3. The molecule has 0 aromatic heterocycles. The zero-order valence-electron chi connectivity index (χ0n) is 11.3. The second kappa shape index (κ2) is 4.46. The van der Waals surface area contributed by atoms with E-state index in [1.165, 1.54) is 13.0 Å². The molecule has 2 aliphatic heterocycles. The van der Waals surface area contributed by atoms with Crippen molar-refractivity contribution in [2.24, 2.45) is 0 Å². The second-order valence-electron chi connectivity index (χ2n) is 6.11. The molecule has 2 fully saturated rings. The van der Waals surface area contributed by atoms with Crippen molar-refractivity contribution in [3.05, 3.63) is 34.9 Å². The van der Waals surface area contributed by atoms with Crippen LogP contribution in [0.15, 0.2) is 18.2 Å². The minimum absolute atomic E-state index is 0.196. The molecule has 0 spiro atoms. The third kappa shape index (κ3) is 2.33. The molecule has 5 heteroatoms. The third-order valence-electron chi connectivity index (χ3n) is 4.58. The van der Waals surface area contributed by atoms with E-state index in [4.69, 9.17) is 0 Å². The summed E-state index contributed by atoms with van der Waals surface area (Å²) in [7, 11) is 0. The number of benzene rings is 1. The summed E-state index contributed by atoms with van der Waals surface area (Å²) in [4.78, 5) is 0. The Morgan fingerprint density at radius 1 is 1.20 bits per heavy atom. The Morgan fingerprint density at radius 2 is 1.80 bits per heavy atom. The van der Waals surface area contributed by atoms with Gasteiger partial charge >= 0.3 is 6.18 Å². The van der Waals surface area contributed by atoms with Crippen molar-refractivity contribution in [1.82, 2.24) is 5.32 Å². The zero-order chi connectivity index (χ0) is 14.5. The maximum atomic E-state index is 13.0. The number of aryl methyl sites for hydroxylation is 1. The number of aliphatic hydroxyl groups is 1. The first-order valence-electron chi connectivity index (χ1n) is 6.95. The molecule has 2 bridgehead atoms. The molecule has 1 aromatic carbocycles. The highest BCUT2D eigenvalue weighted by Crippen LogP contribution is 2.42. The van der Waals surface area contributed by atoms with Gasteiger partial charge in [-0.1, -0.05) is 12.1 Å². The number of alkyl halides is 3. The largest absolute Gasteiger partial charge is 0.416 e. The van der Waals surface area contributed by atoms with E-state index in [-0.39, 0.29) is 17.6 Å². The van der Waals surface area contributed by atoms with Crippen LogP contribution in [0.1, 0.15) is 42.4 Å². The molecule has 3 rings (SSSR count). The smallest absolute Gasteiger partial charge is 0.385 e. The zero-order valence-corrected chi connectivity index (χ0v) is 11.3. The monoisotopic (exact) mass is 285 g/mol. The summed E-state index contributed by atoms with van der Waals surface area (Å²) in [5, 5.41) is 14.2. The van der Waals surface area contributed by atoms with Gasteiger partial charge in [0.15, 0.2) is 0 Å². The van der Waals surface area contributed by atoms with Crippen molar-refractivity contribution in [2.75, 3.05) is 0 Å². The van der Waals surface area contributed by atoms with E-state index in [9.17, 15) is 18.3 Å². The molecule has 2 heterocycles. The maximum Gasteiger partial charge on any atom is 0.416 e. The Bertz CT molecular complexity index is 514. The minimum atomic E-state index is -4.37. The van der Waals surface area contributed by atoms with E-state index in [2.05, 4.69) is 5.32 Å². The summed E-state index contributed by atoms with van der Waals surface area (Å²) in [6.45, 7) is 1.45. The molecule has 2 unspecified atom stereocenters. The standard InChI is InChI=1S/C15H18F3NO/c1-9-2-3-10(6-13(9)15(16,17)18)14(20)7-11-4-5-12(8-14)19-11/h2-3,6,11-12,19-20H,4-5,7-8H2,1H3. The predicted octanol–water partition coefficient (Wildman–Crippen LogP) is 3.12. The van der Waals surface area contributed by atoms with Gasteiger partial charge in [0.2, 0.25) is 0 Å². The van der Waals surface area contributed by atoms with Crippen LogP contribution in [0.2, 0.25) is 0 Å². The predicted molar refractivity (Wildman–Crippen MR) is 69.3 cm³/mol. The quantitative estimate of drug-likeness (QED) is 0.831. The number of nitrogens with one attached hydrogen (secondary N) is 1. The Balaban J connectivity index is 1.98. The summed E-state index contributed by atoms with van der Waals surface area (Å²) >= 11 is 0. The minimum Gasteiger partial charge on any atom is -0.385 e. The number of piperidine rings is 1. The van der Waals surface area contributed by atoms with E-state index in [1.54, 1.807) is 6.07 Å². The van der Waals surface area contributed by atoms with E-state index < -0.39 is 17.3 Å². The molecule has 0 aliphatic carbocycles. The van der Waals surface area contributed by atoms with Gasteiger partial charge < -0.3 is 10.4 Å². The summed E-state index contributed by atoms with van der Waals surface area (Å²) in [5.74, 6) is 0. The molecule has 2 aliphatic rings. The molecular weight excluding hydrogens is 267 g/mol. The molecule has 2 N–H and O–H groups in total. The van der Waals surface area contributed by atoms with Gasteiger partial charge in [0.1, 0.15) is 0 Å². The van der Waals surface area contributed by atoms with E-state index in [0.717, 1.165) is 18.9 Å². The van der Waals surface area contributed by atoms with Crippen molar-refractivity contribution in [2.45, 2.75) is 56.5 Å². The normalized spacial score (nSPS) is 33.5. The molecule has 2 saturated heterocycles. The topological polar surface area (TPSA) is 32.3 Å². The number of hydrogen-bond donors (Lipinski definition) is 2. The van der Waals surface area contributed by atoms with Crippen molar-refractivity contribution in [1.29, 1.82) is 0 Å². The molecule has 0 saturated carbocycles.